The van der Waals surface area contributed by atoms with Crippen molar-refractivity contribution in [2.45, 2.75) is 19.8 Å². The van der Waals surface area contributed by atoms with Gasteiger partial charge in [-0.2, -0.15) is 5.10 Å². The van der Waals surface area contributed by atoms with Crippen molar-refractivity contribution in [3.8, 4) is 0 Å². The SMILES string of the molecule is Cc1ccc2nc(N3CCCC(C(=O)Nc4ccc5cn[nH]c5c4)C3)sc2c1. The number of carbonyl (C=O) groups excluding carboxylic acids is 1. The third-order valence-electron chi connectivity index (χ3n) is 5.30. The molecule has 3 heterocycles. The van der Waals surface area contributed by atoms with E-state index in [9.17, 15) is 4.79 Å². The summed E-state index contributed by atoms with van der Waals surface area (Å²) in [5, 5.41) is 12.1. The van der Waals surface area contributed by atoms with E-state index < -0.39 is 0 Å². The molecule has 6 nitrogen and oxygen atoms in total. The smallest absolute Gasteiger partial charge is 0.229 e. The Bertz CT molecular complexity index is 1160. The van der Waals surface area contributed by atoms with E-state index in [1.165, 1.54) is 10.3 Å². The topological polar surface area (TPSA) is 73.9 Å². The number of piperidine rings is 1. The van der Waals surface area contributed by atoms with Crippen LogP contribution in [-0.4, -0.2) is 34.2 Å². The highest BCUT2D eigenvalue weighted by atomic mass is 32.1. The summed E-state index contributed by atoms with van der Waals surface area (Å²) in [6.07, 6.45) is 3.67. The van der Waals surface area contributed by atoms with Crippen LogP contribution in [0.5, 0.6) is 0 Å². The van der Waals surface area contributed by atoms with Crippen LogP contribution < -0.4 is 10.2 Å². The van der Waals surface area contributed by atoms with Crippen molar-refractivity contribution in [1.82, 2.24) is 15.2 Å². The van der Waals surface area contributed by atoms with Gasteiger partial charge in [0.1, 0.15) is 0 Å². The Hall–Kier alpha value is -2.93. The van der Waals surface area contributed by atoms with Crippen molar-refractivity contribution in [1.29, 1.82) is 0 Å². The maximum absolute atomic E-state index is 12.9. The number of hydrogen-bond donors (Lipinski definition) is 2. The van der Waals surface area contributed by atoms with Crippen molar-refractivity contribution >= 4 is 49.2 Å². The zero-order valence-corrected chi connectivity index (χ0v) is 16.4. The van der Waals surface area contributed by atoms with Gasteiger partial charge in [-0.05, 0) is 55.7 Å². The summed E-state index contributed by atoms with van der Waals surface area (Å²) in [6, 6.07) is 12.2. The maximum atomic E-state index is 12.9. The molecule has 28 heavy (non-hydrogen) atoms. The highest BCUT2D eigenvalue weighted by molar-refractivity contribution is 7.22. The van der Waals surface area contributed by atoms with E-state index in [0.29, 0.717) is 6.54 Å². The minimum Gasteiger partial charge on any atom is -0.347 e. The van der Waals surface area contributed by atoms with E-state index in [0.717, 1.165) is 46.6 Å². The summed E-state index contributed by atoms with van der Waals surface area (Å²) in [4.78, 5) is 19.9. The molecule has 0 spiro atoms. The molecule has 0 aliphatic carbocycles. The molecule has 1 amide bonds. The Labute approximate surface area is 166 Å². The number of hydrogen-bond acceptors (Lipinski definition) is 5. The zero-order valence-electron chi connectivity index (χ0n) is 15.6. The van der Waals surface area contributed by atoms with Gasteiger partial charge >= 0.3 is 0 Å². The number of aryl methyl sites for hydroxylation is 1. The van der Waals surface area contributed by atoms with Gasteiger partial charge in [0, 0.05) is 24.2 Å². The lowest BCUT2D eigenvalue weighted by molar-refractivity contribution is -0.120. The molecule has 0 saturated carbocycles. The maximum Gasteiger partial charge on any atom is 0.229 e. The summed E-state index contributed by atoms with van der Waals surface area (Å²) in [5.41, 5.74) is 4.00. The van der Waals surface area contributed by atoms with E-state index in [1.807, 2.05) is 18.2 Å². The van der Waals surface area contributed by atoms with Crippen LogP contribution >= 0.6 is 11.3 Å². The first-order chi connectivity index (χ1) is 13.7. The third-order valence-corrected chi connectivity index (χ3v) is 6.38. The fourth-order valence-electron chi connectivity index (χ4n) is 3.78. The predicted molar refractivity (Wildman–Crippen MR) is 114 cm³/mol. The summed E-state index contributed by atoms with van der Waals surface area (Å²) in [7, 11) is 0. The predicted octanol–water partition coefficient (Wildman–Crippen LogP) is 4.34. The first-order valence-electron chi connectivity index (χ1n) is 9.52. The van der Waals surface area contributed by atoms with Gasteiger partial charge in [-0.1, -0.05) is 17.4 Å². The Morgan fingerprint density at radius 1 is 1.29 bits per heavy atom. The second-order valence-electron chi connectivity index (χ2n) is 7.41. The van der Waals surface area contributed by atoms with Crippen LogP contribution in [0.1, 0.15) is 18.4 Å². The molecule has 2 N–H and O–H groups in total. The largest absolute Gasteiger partial charge is 0.347 e. The number of H-pyrrole nitrogens is 1. The molecule has 2 aromatic heterocycles. The Morgan fingerprint density at radius 2 is 2.21 bits per heavy atom. The average molecular weight is 392 g/mol. The third kappa shape index (κ3) is 3.22. The number of thiazole rings is 1. The van der Waals surface area contributed by atoms with E-state index >= 15 is 0 Å². The summed E-state index contributed by atoms with van der Waals surface area (Å²) in [5.74, 6) is 0.0282. The minimum atomic E-state index is -0.0417. The van der Waals surface area contributed by atoms with Crippen molar-refractivity contribution < 1.29 is 4.79 Å². The molecule has 0 radical (unpaired) electrons. The fraction of sp³-hybridized carbons (Fsp3) is 0.286. The van der Waals surface area contributed by atoms with E-state index in [2.05, 4.69) is 45.5 Å². The number of rotatable bonds is 3. The molecule has 142 valence electrons. The lowest BCUT2D eigenvalue weighted by Gasteiger charge is -2.31. The lowest BCUT2D eigenvalue weighted by Crippen LogP contribution is -2.40. The van der Waals surface area contributed by atoms with Crippen LogP contribution in [0.25, 0.3) is 21.1 Å². The van der Waals surface area contributed by atoms with Crippen LogP contribution in [-0.2, 0) is 4.79 Å². The molecule has 1 aliphatic heterocycles. The molecular weight excluding hydrogens is 370 g/mol. The second-order valence-corrected chi connectivity index (χ2v) is 8.42. The van der Waals surface area contributed by atoms with Gasteiger partial charge in [-0.3, -0.25) is 9.89 Å². The molecule has 5 rings (SSSR count). The van der Waals surface area contributed by atoms with Gasteiger partial charge in [-0.25, -0.2) is 4.98 Å². The lowest BCUT2D eigenvalue weighted by atomic mass is 9.97. The van der Waals surface area contributed by atoms with Crippen molar-refractivity contribution in [2.75, 3.05) is 23.3 Å². The van der Waals surface area contributed by atoms with Gasteiger partial charge in [0.2, 0.25) is 5.91 Å². The number of amides is 1. The zero-order chi connectivity index (χ0) is 19.1. The number of fused-ring (bicyclic) bond motifs is 2. The summed E-state index contributed by atoms with van der Waals surface area (Å²) < 4.78 is 1.20. The monoisotopic (exact) mass is 391 g/mol. The second kappa shape index (κ2) is 6.91. The molecule has 1 saturated heterocycles. The van der Waals surface area contributed by atoms with E-state index in [-0.39, 0.29) is 11.8 Å². The number of nitrogens with one attached hydrogen (secondary N) is 2. The van der Waals surface area contributed by atoms with Crippen molar-refractivity contribution in [2.24, 2.45) is 5.92 Å². The molecule has 1 atom stereocenters. The van der Waals surface area contributed by atoms with Gasteiger partial charge in [0.25, 0.3) is 0 Å². The number of carbonyl (C=O) groups is 1. The first kappa shape index (κ1) is 17.2. The van der Waals surface area contributed by atoms with E-state index in [4.69, 9.17) is 4.98 Å². The Balaban J connectivity index is 1.31. The van der Waals surface area contributed by atoms with Gasteiger partial charge < -0.3 is 10.2 Å². The van der Waals surface area contributed by atoms with Crippen LogP contribution in [0.3, 0.4) is 0 Å². The minimum absolute atomic E-state index is 0.0417. The fourth-order valence-corrected chi connectivity index (χ4v) is 4.88. The van der Waals surface area contributed by atoms with Crippen molar-refractivity contribution in [3.63, 3.8) is 0 Å². The number of nitrogens with zero attached hydrogens (tertiary/aromatic N) is 3. The normalized spacial score (nSPS) is 17.3. The summed E-state index contributed by atoms with van der Waals surface area (Å²) in [6.45, 7) is 3.75. The van der Waals surface area contributed by atoms with Crippen LogP contribution in [0, 0.1) is 12.8 Å². The Morgan fingerprint density at radius 3 is 3.14 bits per heavy atom. The molecule has 7 heteroatoms. The number of benzene rings is 2. The Kier molecular flexibility index (Phi) is 4.24. The number of aromatic nitrogens is 3. The molecule has 0 bridgehead atoms. The molecule has 1 aliphatic rings. The highest BCUT2D eigenvalue weighted by Crippen LogP contribution is 2.32. The molecule has 1 unspecified atom stereocenters. The molecule has 4 aromatic rings. The van der Waals surface area contributed by atoms with Gasteiger partial charge in [-0.15, -0.1) is 0 Å². The molecule has 1 fully saturated rings. The van der Waals surface area contributed by atoms with E-state index in [1.54, 1.807) is 17.5 Å². The standard InChI is InChI=1S/C21H21N5OS/c1-13-4-7-17-19(9-13)28-21(24-17)26-8-2-3-15(12-26)20(27)23-16-6-5-14-11-22-25-18(14)10-16/h4-7,9-11,15H,2-3,8,12H2,1H3,(H,22,25)(H,23,27). The number of aromatic amines is 1. The van der Waals surface area contributed by atoms with Crippen LogP contribution in [0.15, 0.2) is 42.6 Å². The molecular formula is C21H21N5OS. The van der Waals surface area contributed by atoms with Crippen LogP contribution in [0.4, 0.5) is 10.8 Å². The quantitative estimate of drug-likeness (QED) is 0.545. The highest BCUT2D eigenvalue weighted by Gasteiger charge is 2.27. The van der Waals surface area contributed by atoms with Gasteiger partial charge in [0.05, 0.1) is 27.8 Å². The van der Waals surface area contributed by atoms with Crippen LogP contribution in [0.2, 0.25) is 0 Å². The van der Waals surface area contributed by atoms with Crippen molar-refractivity contribution in [3.05, 3.63) is 48.2 Å². The van der Waals surface area contributed by atoms with Gasteiger partial charge in [0.15, 0.2) is 5.13 Å². The number of anilines is 2. The molecule has 2 aromatic carbocycles. The first-order valence-corrected chi connectivity index (χ1v) is 10.3. The average Bonchev–Trinajstić information content (AvgIpc) is 3.34. The summed E-state index contributed by atoms with van der Waals surface area (Å²) >= 11 is 1.71.